The molecular weight excluding hydrogens is 255 g/mol. The molecule has 3 rings (SSSR count). The molecule has 0 amide bonds. The summed E-state index contributed by atoms with van der Waals surface area (Å²) in [5.41, 5.74) is 1.62. The van der Waals surface area contributed by atoms with Gasteiger partial charge in [-0.1, -0.05) is 67.1 Å². The lowest BCUT2D eigenvalue weighted by Gasteiger charge is -2.22. The first-order valence-electron chi connectivity index (χ1n) is 8.65. The van der Waals surface area contributed by atoms with Crippen molar-refractivity contribution in [2.75, 3.05) is 0 Å². The fourth-order valence-corrected chi connectivity index (χ4v) is 8.22. The molecule has 1 saturated heterocycles. The predicted molar refractivity (Wildman–Crippen MR) is 89.5 cm³/mol. The summed E-state index contributed by atoms with van der Waals surface area (Å²) in [6.07, 6.45) is 11.3. The lowest BCUT2D eigenvalue weighted by atomic mass is 9.84. The van der Waals surface area contributed by atoms with E-state index in [1.807, 2.05) is 4.44 Å². The molecule has 1 aromatic rings. The van der Waals surface area contributed by atoms with E-state index in [-0.39, 0.29) is 0 Å². The van der Waals surface area contributed by atoms with E-state index in [4.69, 9.17) is 0 Å². The van der Waals surface area contributed by atoms with E-state index < -0.39 is 14.1 Å². The van der Waals surface area contributed by atoms with Crippen LogP contribution in [0.5, 0.6) is 0 Å². The van der Waals surface area contributed by atoms with Gasteiger partial charge < -0.3 is 0 Å². The molecule has 0 aromatic heterocycles. The SMILES string of the molecule is C[CH2][Al]1[CH2]C(c2ccccc2)C2CCCCCC/C=[C]\21. The molecule has 0 nitrogen and oxygen atoms in total. The summed E-state index contributed by atoms with van der Waals surface area (Å²) >= 11 is -0.635. The third-order valence-electron chi connectivity index (χ3n) is 5.49. The first-order valence-corrected chi connectivity index (χ1v) is 10.9. The predicted octanol–water partition coefficient (Wildman–Crippen LogP) is 5.73. The summed E-state index contributed by atoms with van der Waals surface area (Å²) in [6, 6.07) is 11.4. The van der Waals surface area contributed by atoms with E-state index in [0.29, 0.717) is 0 Å². The molecule has 2 unspecified atom stereocenters. The molecule has 0 bridgehead atoms. The van der Waals surface area contributed by atoms with Crippen LogP contribution in [0.2, 0.25) is 10.6 Å². The van der Waals surface area contributed by atoms with Gasteiger partial charge in [0.05, 0.1) is 0 Å². The maximum absolute atomic E-state index is 2.69. The first-order chi connectivity index (χ1) is 9.90. The summed E-state index contributed by atoms with van der Waals surface area (Å²) in [5, 5.41) is 2.99. The van der Waals surface area contributed by atoms with E-state index in [2.05, 4.69) is 43.3 Å². The fourth-order valence-electron chi connectivity index (χ4n) is 4.43. The molecule has 1 aliphatic carbocycles. The van der Waals surface area contributed by atoms with Gasteiger partial charge in [0.25, 0.3) is 14.1 Å². The summed E-state index contributed by atoms with van der Waals surface area (Å²) < 4.78 is 1.96. The van der Waals surface area contributed by atoms with Gasteiger partial charge in [0.15, 0.2) is 0 Å². The van der Waals surface area contributed by atoms with Gasteiger partial charge in [-0.25, -0.2) is 0 Å². The van der Waals surface area contributed by atoms with Crippen LogP contribution in [0.25, 0.3) is 0 Å². The van der Waals surface area contributed by atoms with Gasteiger partial charge in [0.1, 0.15) is 0 Å². The maximum Gasteiger partial charge on any atom is 0.299 e. The summed E-state index contributed by atoms with van der Waals surface area (Å²) in [7, 11) is 0. The van der Waals surface area contributed by atoms with E-state index in [1.54, 1.807) is 5.56 Å². The van der Waals surface area contributed by atoms with Crippen LogP contribution in [0.15, 0.2) is 40.8 Å². The second kappa shape index (κ2) is 6.97. The lowest BCUT2D eigenvalue weighted by Crippen LogP contribution is -2.11. The largest absolute Gasteiger partial charge is 0.299 e. The molecule has 1 heteroatoms. The Morgan fingerprint density at radius 2 is 1.80 bits per heavy atom. The molecule has 2 atom stereocenters. The zero-order chi connectivity index (χ0) is 13.8. The van der Waals surface area contributed by atoms with Gasteiger partial charge >= 0.3 is 0 Å². The van der Waals surface area contributed by atoms with Crippen LogP contribution in [0.1, 0.15) is 56.9 Å². The number of benzene rings is 1. The Morgan fingerprint density at radius 1 is 1.00 bits per heavy atom. The molecule has 20 heavy (non-hydrogen) atoms. The van der Waals surface area contributed by atoms with E-state index in [1.165, 1.54) is 49.1 Å². The second-order valence-corrected chi connectivity index (χ2v) is 10.0. The molecule has 0 radical (unpaired) electrons. The maximum atomic E-state index is 2.69. The van der Waals surface area contributed by atoms with Crippen LogP contribution in [-0.4, -0.2) is 14.1 Å². The highest BCUT2D eigenvalue weighted by molar-refractivity contribution is 6.68. The normalized spacial score (nSPS) is 29.9. The standard InChI is InChI=1S/C17H22.C2H5.Al/c1-15(17-13-9-6-10-14-17)16-11-7-4-2-3-5-8-12-16;1-2;/h6-7,9-10,13-16H,1-5,8,12H2;1H2,2H3;. The van der Waals surface area contributed by atoms with Crippen molar-refractivity contribution < 1.29 is 0 Å². The highest BCUT2D eigenvalue weighted by Crippen LogP contribution is 2.47. The molecular formula is C19H27Al. The molecule has 1 heterocycles. The number of hydrogen-bond donors (Lipinski definition) is 0. The zero-order valence-electron chi connectivity index (χ0n) is 12.9. The average Bonchev–Trinajstić information content (AvgIpc) is 2.89. The lowest BCUT2D eigenvalue weighted by molar-refractivity contribution is 0.481. The van der Waals surface area contributed by atoms with Crippen molar-refractivity contribution in [1.82, 2.24) is 0 Å². The van der Waals surface area contributed by atoms with Gasteiger partial charge in [0.2, 0.25) is 0 Å². The van der Waals surface area contributed by atoms with Gasteiger partial charge in [0, 0.05) is 0 Å². The van der Waals surface area contributed by atoms with Crippen LogP contribution in [0.4, 0.5) is 0 Å². The summed E-state index contributed by atoms with van der Waals surface area (Å²) in [5.74, 6) is 1.74. The zero-order valence-corrected chi connectivity index (χ0v) is 14.0. The minimum atomic E-state index is -0.635. The van der Waals surface area contributed by atoms with E-state index in [9.17, 15) is 0 Å². The summed E-state index contributed by atoms with van der Waals surface area (Å²) in [6.45, 7) is 2.44. The van der Waals surface area contributed by atoms with Crippen molar-refractivity contribution in [2.45, 2.75) is 61.9 Å². The van der Waals surface area contributed by atoms with Crippen molar-refractivity contribution in [3.05, 3.63) is 46.4 Å². The van der Waals surface area contributed by atoms with Crippen LogP contribution < -0.4 is 0 Å². The van der Waals surface area contributed by atoms with E-state index >= 15 is 0 Å². The highest BCUT2D eigenvalue weighted by Gasteiger charge is 2.40. The van der Waals surface area contributed by atoms with Crippen molar-refractivity contribution >= 4 is 14.1 Å². The fraction of sp³-hybridized carbons (Fsp3) is 0.579. The Hall–Kier alpha value is -0.508. The molecule has 0 N–H and O–H groups in total. The number of allylic oxidation sites excluding steroid dienone is 2. The minimum absolute atomic E-state index is 0.635. The Morgan fingerprint density at radius 3 is 2.60 bits per heavy atom. The first kappa shape index (κ1) is 14.4. The van der Waals surface area contributed by atoms with Crippen molar-refractivity contribution in [2.24, 2.45) is 5.92 Å². The minimum Gasteiger partial charge on any atom is -0.131 e. The molecule has 1 aromatic carbocycles. The Labute approximate surface area is 128 Å². The monoisotopic (exact) mass is 282 g/mol. The van der Waals surface area contributed by atoms with Crippen molar-refractivity contribution in [3.63, 3.8) is 0 Å². The Bertz CT molecular complexity index is 448. The second-order valence-electron chi connectivity index (χ2n) is 6.66. The van der Waals surface area contributed by atoms with Crippen LogP contribution in [-0.2, 0) is 0 Å². The average molecular weight is 282 g/mol. The Balaban J connectivity index is 1.89. The molecule has 106 valence electrons. The molecule has 1 aliphatic heterocycles. The highest BCUT2D eigenvalue weighted by atomic mass is 27.2. The van der Waals surface area contributed by atoms with Crippen LogP contribution in [0.3, 0.4) is 0 Å². The molecule has 0 spiro atoms. The van der Waals surface area contributed by atoms with Gasteiger partial charge in [-0.05, 0) is 36.7 Å². The number of hydrogen-bond acceptors (Lipinski definition) is 0. The third-order valence-corrected chi connectivity index (χ3v) is 9.16. The van der Waals surface area contributed by atoms with E-state index in [0.717, 1.165) is 11.8 Å². The van der Waals surface area contributed by atoms with Gasteiger partial charge in [-0.3, -0.25) is 0 Å². The summed E-state index contributed by atoms with van der Waals surface area (Å²) in [4.78, 5) is 0. The van der Waals surface area contributed by atoms with Gasteiger partial charge in [-0.2, -0.15) is 0 Å². The Kier molecular flexibility index (Phi) is 5.03. The van der Waals surface area contributed by atoms with Crippen molar-refractivity contribution in [1.29, 1.82) is 0 Å². The van der Waals surface area contributed by atoms with Crippen LogP contribution in [0, 0.1) is 5.92 Å². The number of fused-ring (bicyclic) bond motifs is 1. The number of rotatable bonds is 2. The third kappa shape index (κ3) is 3.05. The van der Waals surface area contributed by atoms with Crippen LogP contribution >= 0.6 is 0 Å². The smallest absolute Gasteiger partial charge is 0.131 e. The quantitative estimate of drug-likeness (QED) is 0.607. The van der Waals surface area contributed by atoms with Crippen molar-refractivity contribution in [3.8, 4) is 0 Å². The topological polar surface area (TPSA) is 0 Å². The van der Waals surface area contributed by atoms with Gasteiger partial charge in [-0.15, -0.1) is 10.5 Å². The molecule has 1 fully saturated rings. The molecule has 2 aliphatic rings. The molecule has 0 saturated carbocycles.